The molecule has 2 aromatic rings. The standard InChI is InChI=1S/C18H15N5O3/c19-10-14(18(20)21)23-22-13-9-16-15(25-6-7-26-16)8-12(13)17(24)11-4-2-1-3-5-11/h1-5,8-9,22H,6-7H2,(H3,20,21)/b23-14+. The molecule has 0 saturated heterocycles. The van der Waals surface area contributed by atoms with Crippen LogP contribution in [0.15, 0.2) is 47.6 Å². The first-order valence-electron chi connectivity index (χ1n) is 7.71. The van der Waals surface area contributed by atoms with Crippen molar-refractivity contribution in [3.05, 3.63) is 53.6 Å². The number of ketones is 1. The molecule has 8 heteroatoms. The lowest BCUT2D eigenvalue weighted by molar-refractivity contribution is 0.103. The SMILES string of the molecule is N#C/C(=N\Nc1cc2c(cc1C(=O)c1ccccc1)OCCO2)C(=N)N. The zero-order valence-electron chi connectivity index (χ0n) is 13.7. The Morgan fingerprint density at radius 3 is 2.46 bits per heavy atom. The molecule has 4 N–H and O–H groups in total. The number of carbonyl (C=O) groups excluding carboxylic acids is 1. The van der Waals surface area contributed by atoms with E-state index in [1.54, 1.807) is 42.5 Å². The van der Waals surface area contributed by atoms with Crippen molar-refractivity contribution in [3.63, 3.8) is 0 Å². The molecule has 0 bridgehead atoms. The summed E-state index contributed by atoms with van der Waals surface area (Å²) in [6.45, 7) is 0.776. The van der Waals surface area contributed by atoms with E-state index < -0.39 is 5.84 Å². The highest BCUT2D eigenvalue weighted by atomic mass is 16.6. The molecule has 1 aliphatic rings. The van der Waals surface area contributed by atoms with Gasteiger partial charge in [0, 0.05) is 11.6 Å². The number of nitriles is 1. The molecule has 0 saturated carbocycles. The van der Waals surface area contributed by atoms with E-state index in [9.17, 15) is 4.79 Å². The largest absolute Gasteiger partial charge is 0.486 e. The Balaban J connectivity index is 2.05. The van der Waals surface area contributed by atoms with Gasteiger partial charge in [-0.3, -0.25) is 15.6 Å². The highest BCUT2D eigenvalue weighted by Crippen LogP contribution is 2.36. The van der Waals surface area contributed by atoms with Gasteiger partial charge in [0.1, 0.15) is 19.3 Å². The van der Waals surface area contributed by atoms with Crippen LogP contribution in [0.3, 0.4) is 0 Å². The number of nitrogens with zero attached hydrogens (tertiary/aromatic N) is 2. The van der Waals surface area contributed by atoms with Crippen LogP contribution >= 0.6 is 0 Å². The summed E-state index contributed by atoms with van der Waals surface area (Å²) < 4.78 is 11.1. The Hall–Kier alpha value is -3.86. The maximum atomic E-state index is 12.9. The molecule has 0 aromatic heterocycles. The summed E-state index contributed by atoms with van der Waals surface area (Å²) in [7, 11) is 0. The molecule has 8 nitrogen and oxygen atoms in total. The molecule has 0 spiro atoms. The van der Waals surface area contributed by atoms with Crippen molar-refractivity contribution in [2.24, 2.45) is 10.8 Å². The number of rotatable bonds is 5. The molecule has 130 valence electrons. The Kier molecular flexibility index (Phi) is 4.80. The van der Waals surface area contributed by atoms with Gasteiger partial charge in [-0.2, -0.15) is 10.4 Å². The average Bonchev–Trinajstić information content (AvgIpc) is 2.67. The summed E-state index contributed by atoms with van der Waals surface area (Å²) in [5.74, 6) is 0.187. The van der Waals surface area contributed by atoms with E-state index in [1.807, 2.05) is 6.07 Å². The van der Waals surface area contributed by atoms with Crippen molar-refractivity contribution in [3.8, 4) is 17.6 Å². The van der Waals surface area contributed by atoms with Gasteiger partial charge in [0.05, 0.1) is 11.3 Å². The van der Waals surface area contributed by atoms with Gasteiger partial charge in [-0.1, -0.05) is 30.3 Å². The molecular formula is C18H15N5O3. The van der Waals surface area contributed by atoms with Gasteiger partial charge in [-0.25, -0.2) is 0 Å². The smallest absolute Gasteiger partial charge is 0.201 e. The molecule has 1 heterocycles. The average molecular weight is 349 g/mol. The van der Waals surface area contributed by atoms with E-state index in [2.05, 4.69) is 10.5 Å². The molecule has 0 aliphatic carbocycles. The second kappa shape index (κ2) is 7.36. The van der Waals surface area contributed by atoms with Crippen molar-refractivity contribution in [2.45, 2.75) is 0 Å². The first-order chi connectivity index (χ1) is 12.6. The normalized spacial score (nSPS) is 12.8. The van der Waals surface area contributed by atoms with Crippen LogP contribution in [0.1, 0.15) is 15.9 Å². The maximum absolute atomic E-state index is 12.9. The number of amidine groups is 1. The molecule has 0 fully saturated rings. The van der Waals surface area contributed by atoms with E-state index in [0.29, 0.717) is 41.5 Å². The van der Waals surface area contributed by atoms with E-state index in [-0.39, 0.29) is 11.5 Å². The van der Waals surface area contributed by atoms with Crippen molar-refractivity contribution >= 4 is 23.0 Å². The highest BCUT2D eigenvalue weighted by Gasteiger charge is 2.21. The minimum atomic E-state index is -0.478. The van der Waals surface area contributed by atoms with Crippen LogP contribution in [-0.2, 0) is 0 Å². The number of ether oxygens (including phenoxy) is 2. The third-order valence-electron chi connectivity index (χ3n) is 3.61. The van der Waals surface area contributed by atoms with Crippen LogP contribution in [0.4, 0.5) is 5.69 Å². The van der Waals surface area contributed by atoms with E-state index >= 15 is 0 Å². The van der Waals surface area contributed by atoms with Gasteiger partial charge < -0.3 is 15.2 Å². The van der Waals surface area contributed by atoms with Gasteiger partial charge in [0.15, 0.2) is 23.1 Å². The predicted octanol–water partition coefficient (Wildman–Crippen LogP) is 1.92. The topological polar surface area (TPSA) is 134 Å². The molecule has 0 atom stereocenters. The predicted molar refractivity (Wildman–Crippen MR) is 95.9 cm³/mol. The molecular weight excluding hydrogens is 334 g/mol. The van der Waals surface area contributed by atoms with Gasteiger partial charge in [-0.05, 0) is 6.07 Å². The summed E-state index contributed by atoms with van der Waals surface area (Å²) in [5, 5.41) is 20.1. The van der Waals surface area contributed by atoms with Gasteiger partial charge in [0.2, 0.25) is 5.71 Å². The van der Waals surface area contributed by atoms with Crippen LogP contribution in [0.25, 0.3) is 0 Å². The lowest BCUT2D eigenvalue weighted by Gasteiger charge is -2.20. The van der Waals surface area contributed by atoms with E-state index in [0.717, 1.165) is 0 Å². The summed E-state index contributed by atoms with van der Waals surface area (Å²) in [5.41, 5.74) is 8.73. The van der Waals surface area contributed by atoms with Gasteiger partial charge in [-0.15, -0.1) is 0 Å². The number of carbonyl (C=O) groups is 1. The second-order valence-electron chi connectivity index (χ2n) is 5.33. The summed E-state index contributed by atoms with van der Waals surface area (Å²) in [4.78, 5) is 12.9. The van der Waals surface area contributed by atoms with Crippen molar-refractivity contribution in [2.75, 3.05) is 18.6 Å². The first kappa shape index (κ1) is 17.0. The fourth-order valence-electron chi connectivity index (χ4n) is 2.38. The third kappa shape index (κ3) is 3.47. The number of nitrogens with two attached hydrogens (primary N) is 1. The molecule has 2 aromatic carbocycles. The lowest BCUT2D eigenvalue weighted by atomic mass is 10.0. The monoisotopic (exact) mass is 349 g/mol. The molecule has 26 heavy (non-hydrogen) atoms. The maximum Gasteiger partial charge on any atom is 0.201 e. The Morgan fingerprint density at radius 2 is 1.85 bits per heavy atom. The van der Waals surface area contributed by atoms with Gasteiger partial charge >= 0.3 is 0 Å². The number of hydrazone groups is 1. The van der Waals surface area contributed by atoms with Crippen molar-refractivity contribution in [1.82, 2.24) is 0 Å². The van der Waals surface area contributed by atoms with Crippen molar-refractivity contribution in [1.29, 1.82) is 10.7 Å². The minimum absolute atomic E-state index is 0.249. The van der Waals surface area contributed by atoms with Crippen molar-refractivity contribution < 1.29 is 14.3 Å². The number of anilines is 1. The Labute approximate surface area is 149 Å². The minimum Gasteiger partial charge on any atom is -0.486 e. The summed E-state index contributed by atoms with van der Waals surface area (Å²) >= 11 is 0. The molecule has 0 radical (unpaired) electrons. The van der Waals surface area contributed by atoms with Crippen LogP contribution in [0.5, 0.6) is 11.5 Å². The molecule has 0 unspecified atom stereocenters. The Morgan fingerprint density at radius 1 is 1.19 bits per heavy atom. The quantitative estimate of drug-likeness (QED) is 0.327. The fourth-order valence-corrected chi connectivity index (χ4v) is 2.38. The number of hydrogen-bond donors (Lipinski definition) is 3. The summed E-state index contributed by atoms with van der Waals surface area (Å²) in [6.07, 6.45) is 0. The number of fused-ring (bicyclic) bond motifs is 1. The number of nitrogens with one attached hydrogen (secondary N) is 2. The van der Waals surface area contributed by atoms with E-state index in [4.69, 9.17) is 25.9 Å². The molecule has 1 aliphatic heterocycles. The van der Waals surface area contributed by atoms with Crippen LogP contribution < -0.4 is 20.6 Å². The fraction of sp³-hybridized carbons (Fsp3) is 0.111. The lowest BCUT2D eigenvalue weighted by Crippen LogP contribution is -2.22. The molecule has 3 rings (SSSR count). The van der Waals surface area contributed by atoms with E-state index in [1.165, 1.54) is 0 Å². The zero-order chi connectivity index (χ0) is 18.5. The van der Waals surface area contributed by atoms with Gasteiger partial charge in [0.25, 0.3) is 0 Å². The second-order valence-corrected chi connectivity index (χ2v) is 5.33. The van der Waals surface area contributed by atoms with Crippen LogP contribution in [0, 0.1) is 16.7 Å². The molecule has 0 amide bonds. The third-order valence-corrected chi connectivity index (χ3v) is 3.61. The Bertz CT molecular complexity index is 932. The van der Waals surface area contributed by atoms with Crippen LogP contribution in [0.2, 0.25) is 0 Å². The highest BCUT2D eigenvalue weighted by molar-refractivity contribution is 6.45. The number of benzene rings is 2. The summed E-state index contributed by atoms with van der Waals surface area (Å²) in [6, 6.07) is 13.6. The zero-order valence-corrected chi connectivity index (χ0v) is 13.7. The number of hydrogen-bond acceptors (Lipinski definition) is 7. The first-order valence-corrected chi connectivity index (χ1v) is 7.71. The van der Waals surface area contributed by atoms with Crippen LogP contribution in [-0.4, -0.2) is 30.5 Å².